The van der Waals surface area contributed by atoms with Crippen LogP contribution in [0.25, 0.3) is 0 Å². The average molecular weight is 457 g/mol. The van der Waals surface area contributed by atoms with E-state index in [1.165, 1.54) is 5.56 Å². The molecule has 0 radical (unpaired) electrons. The second kappa shape index (κ2) is 8.49. The monoisotopic (exact) mass is 457 g/mol. The summed E-state index contributed by atoms with van der Waals surface area (Å²) in [6.45, 7) is 0. The molecule has 130 valence electrons. The van der Waals surface area contributed by atoms with Crippen molar-refractivity contribution >= 4 is 46.1 Å². The minimum Gasteiger partial charge on any atom is -0.497 e. The average Bonchev–Trinajstić information content (AvgIpc) is 3.08. The number of anilines is 2. The number of nitrogens with one attached hydrogen (secondary N) is 2. The summed E-state index contributed by atoms with van der Waals surface area (Å²) >= 11 is 2.31. The van der Waals surface area contributed by atoms with Gasteiger partial charge in [0, 0.05) is 16.3 Å². The molecule has 0 aliphatic heterocycles. The smallest absolute Gasteiger partial charge is 0.172 e. The van der Waals surface area contributed by atoms with Crippen LogP contribution in [0, 0.1) is 11.3 Å². The van der Waals surface area contributed by atoms with E-state index in [2.05, 4.69) is 55.2 Å². The molecule has 0 fully saturated rings. The Balaban J connectivity index is 1.83. The summed E-state index contributed by atoms with van der Waals surface area (Å²) < 4.78 is 6.11. The van der Waals surface area contributed by atoms with Gasteiger partial charge in [-0.3, -0.25) is 5.10 Å². The molecular weight excluding hydrogens is 441 g/mol. The molecule has 0 saturated carbocycles. The van der Waals surface area contributed by atoms with Gasteiger partial charge in [0.05, 0.1) is 7.11 Å². The third kappa shape index (κ3) is 4.21. The predicted octanol–water partition coefficient (Wildman–Crippen LogP) is 4.72. The van der Waals surface area contributed by atoms with Crippen LogP contribution in [0.15, 0.2) is 53.5 Å². The number of nitrogens with zero attached hydrogens (tertiary/aromatic N) is 3. The van der Waals surface area contributed by atoms with Gasteiger partial charge in [-0.05, 0) is 35.4 Å². The number of halogens is 1. The number of aromatic amines is 1. The summed E-state index contributed by atoms with van der Waals surface area (Å²) in [5.74, 6) is 1.61. The van der Waals surface area contributed by atoms with Crippen molar-refractivity contribution in [2.45, 2.75) is 4.43 Å². The molecule has 7 heteroatoms. The number of rotatable bonds is 6. The molecule has 0 bridgehead atoms. The van der Waals surface area contributed by atoms with E-state index in [9.17, 15) is 5.26 Å². The van der Waals surface area contributed by atoms with Crippen LogP contribution in [0.3, 0.4) is 0 Å². The van der Waals surface area contributed by atoms with Crippen LogP contribution >= 0.6 is 22.6 Å². The van der Waals surface area contributed by atoms with E-state index >= 15 is 0 Å². The van der Waals surface area contributed by atoms with Crippen LogP contribution in [0.5, 0.6) is 5.75 Å². The van der Waals surface area contributed by atoms with Gasteiger partial charge in [0.1, 0.15) is 17.4 Å². The Morgan fingerprint density at radius 3 is 2.92 bits per heavy atom. The number of methoxy groups -OCH3 is 1. The van der Waals surface area contributed by atoms with Gasteiger partial charge in [-0.25, -0.2) is 4.99 Å². The van der Waals surface area contributed by atoms with Gasteiger partial charge >= 0.3 is 0 Å². The van der Waals surface area contributed by atoms with E-state index in [1.54, 1.807) is 13.3 Å². The molecule has 0 atom stereocenters. The van der Waals surface area contributed by atoms with Crippen LogP contribution in [-0.4, -0.2) is 23.5 Å². The van der Waals surface area contributed by atoms with E-state index in [0.29, 0.717) is 17.2 Å². The molecule has 6 nitrogen and oxygen atoms in total. The third-order valence-electron chi connectivity index (χ3n) is 3.64. The van der Waals surface area contributed by atoms with E-state index in [-0.39, 0.29) is 0 Å². The minimum absolute atomic E-state index is 0.365. The van der Waals surface area contributed by atoms with Crippen LogP contribution in [-0.2, 0) is 4.43 Å². The first-order valence-electron chi connectivity index (χ1n) is 7.82. The molecule has 0 unspecified atom stereocenters. The first kappa shape index (κ1) is 17.9. The van der Waals surface area contributed by atoms with Crippen molar-refractivity contribution in [2.24, 2.45) is 4.99 Å². The van der Waals surface area contributed by atoms with Crippen LogP contribution in [0.1, 0.15) is 16.7 Å². The maximum absolute atomic E-state index is 9.50. The van der Waals surface area contributed by atoms with Gasteiger partial charge in [-0.1, -0.05) is 46.9 Å². The number of ether oxygens (including phenoxy) is 1. The summed E-state index contributed by atoms with van der Waals surface area (Å²) in [5.41, 5.74) is 3.31. The second-order valence-electron chi connectivity index (χ2n) is 5.40. The molecule has 0 amide bonds. The van der Waals surface area contributed by atoms with Crippen molar-refractivity contribution < 1.29 is 4.74 Å². The zero-order valence-electron chi connectivity index (χ0n) is 14.0. The quantitative estimate of drug-likeness (QED) is 0.319. The lowest BCUT2D eigenvalue weighted by molar-refractivity contribution is 0.415. The largest absolute Gasteiger partial charge is 0.497 e. The van der Waals surface area contributed by atoms with E-state index in [1.807, 2.05) is 42.5 Å². The molecule has 1 heterocycles. The Labute approximate surface area is 165 Å². The van der Waals surface area contributed by atoms with Gasteiger partial charge in [0.15, 0.2) is 11.6 Å². The highest BCUT2D eigenvalue weighted by atomic mass is 127. The number of hydrogen-bond acceptors (Lipinski definition) is 5. The normalized spacial score (nSPS) is 10.7. The number of aromatic nitrogens is 2. The Hall–Kier alpha value is -2.86. The molecule has 2 N–H and O–H groups in total. The number of nitriles is 1. The van der Waals surface area contributed by atoms with Crippen LogP contribution < -0.4 is 10.1 Å². The fourth-order valence-corrected chi connectivity index (χ4v) is 2.83. The van der Waals surface area contributed by atoms with E-state index in [4.69, 9.17) is 4.74 Å². The van der Waals surface area contributed by atoms with Gasteiger partial charge < -0.3 is 10.1 Å². The minimum atomic E-state index is 0.365. The molecule has 3 aromatic rings. The molecule has 0 spiro atoms. The zero-order chi connectivity index (χ0) is 18.4. The van der Waals surface area contributed by atoms with Crippen LogP contribution in [0.4, 0.5) is 17.3 Å². The van der Waals surface area contributed by atoms with Crippen molar-refractivity contribution in [3.63, 3.8) is 0 Å². The lowest BCUT2D eigenvalue weighted by atomic mass is 10.2. The third-order valence-corrected chi connectivity index (χ3v) is 4.52. The van der Waals surface area contributed by atoms with Gasteiger partial charge in [0.25, 0.3) is 0 Å². The van der Waals surface area contributed by atoms with Crippen LogP contribution in [0.2, 0.25) is 0 Å². The lowest BCUT2D eigenvalue weighted by Gasteiger charge is -2.04. The number of aliphatic imine (C=N–C) groups is 1. The highest BCUT2D eigenvalue weighted by Crippen LogP contribution is 2.26. The van der Waals surface area contributed by atoms with Gasteiger partial charge in [0.2, 0.25) is 0 Å². The first-order chi connectivity index (χ1) is 12.7. The molecule has 3 rings (SSSR count). The van der Waals surface area contributed by atoms with Crippen molar-refractivity contribution in [1.29, 1.82) is 5.26 Å². The Morgan fingerprint density at radius 2 is 2.15 bits per heavy atom. The molecule has 0 aliphatic carbocycles. The number of benzene rings is 2. The number of H-pyrrole nitrogens is 1. The van der Waals surface area contributed by atoms with Crippen molar-refractivity contribution in [2.75, 3.05) is 12.4 Å². The Kier molecular flexibility index (Phi) is 5.86. The highest BCUT2D eigenvalue weighted by Gasteiger charge is 2.12. The molecule has 0 aliphatic rings. The maximum Gasteiger partial charge on any atom is 0.172 e. The highest BCUT2D eigenvalue weighted by molar-refractivity contribution is 14.1. The summed E-state index contributed by atoms with van der Waals surface area (Å²) in [7, 11) is 1.62. The summed E-state index contributed by atoms with van der Waals surface area (Å²) in [5, 5.41) is 19.7. The molecule has 0 saturated heterocycles. The maximum atomic E-state index is 9.50. The first-order valence-corrected chi connectivity index (χ1v) is 9.34. The molecule has 2 aromatic carbocycles. The fraction of sp³-hybridized carbons (Fsp3) is 0.105. The van der Waals surface area contributed by atoms with Crippen molar-refractivity contribution in [3.8, 4) is 11.8 Å². The lowest BCUT2D eigenvalue weighted by Crippen LogP contribution is -1.93. The SMILES string of the molecule is COc1cccc(/C=N/c2[nH]nc(Nc3cccc(CI)c3)c2C#N)c1. The van der Waals surface area contributed by atoms with Crippen molar-refractivity contribution in [1.82, 2.24) is 10.2 Å². The Morgan fingerprint density at radius 1 is 1.31 bits per heavy atom. The molecule has 26 heavy (non-hydrogen) atoms. The topological polar surface area (TPSA) is 86.1 Å². The summed E-state index contributed by atoms with van der Waals surface area (Å²) in [6, 6.07) is 17.7. The van der Waals surface area contributed by atoms with Crippen molar-refractivity contribution in [3.05, 3.63) is 65.2 Å². The van der Waals surface area contributed by atoms with Gasteiger partial charge in [-0.2, -0.15) is 10.4 Å². The predicted molar refractivity (Wildman–Crippen MR) is 111 cm³/mol. The fourth-order valence-electron chi connectivity index (χ4n) is 2.35. The number of hydrogen-bond donors (Lipinski definition) is 2. The van der Waals surface area contributed by atoms with E-state index < -0.39 is 0 Å². The molecule has 1 aromatic heterocycles. The standard InChI is InChI=1S/C19H16IN5O/c1-26-16-7-3-5-14(9-16)12-22-18-17(11-21)19(25-24-18)23-15-6-2-4-13(8-15)10-20/h2-9,12H,10H2,1H3,(H2,23,24,25)/b22-12+. The number of alkyl halides is 1. The summed E-state index contributed by atoms with van der Waals surface area (Å²) in [6.07, 6.45) is 1.66. The van der Waals surface area contributed by atoms with Gasteiger partial charge in [-0.15, -0.1) is 0 Å². The summed E-state index contributed by atoms with van der Waals surface area (Å²) in [4.78, 5) is 4.36. The van der Waals surface area contributed by atoms with E-state index in [0.717, 1.165) is 21.4 Å². The Bertz CT molecular complexity index is 974. The molecular formula is C19H16IN5O. The zero-order valence-corrected chi connectivity index (χ0v) is 16.2. The second-order valence-corrected chi connectivity index (χ2v) is 6.16.